The van der Waals surface area contributed by atoms with Crippen LogP contribution in [0.15, 0.2) is 0 Å². The van der Waals surface area contributed by atoms with Gasteiger partial charge in [0.2, 0.25) is 0 Å². The molecule has 1 rings (SSSR count). The summed E-state index contributed by atoms with van der Waals surface area (Å²) in [5.74, 6) is 2.52. The van der Waals surface area contributed by atoms with Gasteiger partial charge in [-0.2, -0.15) is 11.8 Å². The SMILES string of the molecule is CCSCC(C)N1CCC(NC)CC1C. The topological polar surface area (TPSA) is 15.3 Å². The first-order valence-corrected chi connectivity index (χ1v) is 7.35. The van der Waals surface area contributed by atoms with Crippen LogP contribution in [0.4, 0.5) is 0 Å². The molecule has 0 aromatic heterocycles. The highest BCUT2D eigenvalue weighted by Gasteiger charge is 2.27. The number of rotatable bonds is 5. The number of hydrogen-bond donors (Lipinski definition) is 1. The lowest BCUT2D eigenvalue weighted by Gasteiger charge is -2.41. The first kappa shape index (κ1) is 13.3. The molecule has 3 heteroatoms. The lowest BCUT2D eigenvalue weighted by molar-refractivity contribution is 0.108. The second-order valence-corrected chi connectivity index (χ2v) is 5.92. The molecule has 15 heavy (non-hydrogen) atoms. The fourth-order valence-corrected chi connectivity index (χ4v) is 3.26. The number of nitrogens with one attached hydrogen (secondary N) is 1. The maximum Gasteiger partial charge on any atom is 0.0160 e. The summed E-state index contributed by atoms with van der Waals surface area (Å²) in [6.45, 7) is 8.25. The van der Waals surface area contributed by atoms with E-state index in [2.05, 4.69) is 49.8 Å². The summed E-state index contributed by atoms with van der Waals surface area (Å²) in [7, 11) is 2.09. The lowest BCUT2D eigenvalue weighted by Crippen LogP contribution is -2.50. The Bertz CT molecular complexity index is 171. The number of likely N-dealkylation sites (tertiary alicyclic amines) is 1. The van der Waals surface area contributed by atoms with E-state index < -0.39 is 0 Å². The van der Waals surface area contributed by atoms with Crippen LogP contribution in [0.2, 0.25) is 0 Å². The van der Waals surface area contributed by atoms with E-state index in [1.54, 1.807) is 0 Å². The van der Waals surface area contributed by atoms with Gasteiger partial charge in [0, 0.05) is 30.4 Å². The average molecular weight is 230 g/mol. The van der Waals surface area contributed by atoms with Crippen molar-refractivity contribution in [1.82, 2.24) is 10.2 Å². The van der Waals surface area contributed by atoms with E-state index in [0.29, 0.717) is 0 Å². The molecular weight excluding hydrogens is 204 g/mol. The van der Waals surface area contributed by atoms with Crippen molar-refractivity contribution in [2.45, 2.75) is 51.7 Å². The molecule has 1 aliphatic rings. The fraction of sp³-hybridized carbons (Fsp3) is 1.00. The molecule has 1 fully saturated rings. The van der Waals surface area contributed by atoms with Crippen LogP contribution >= 0.6 is 11.8 Å². The summed E-state index contributed by atoms with van der Waals surface area (Å²) in [5.41, 5.74) is 0. The van der Waals surface area contributed by atoms with Gasteiger partial charge in [-0.1, -0.05) is 6.92 Å². The molecule has 1 heterocycles. The molecule has 0 aromatic carbocycles. The highest BCUT2D eigenvalue weighted by Crippen LogP contribution is 2.21. The number of hydrogen-bond acceptors (Lipinski definition) is 3. The summed E-state index contributed by atoms with van der Waals surface area (Å²) < 4.78 is 0. The summed E-state index contributed by atoms with van der Waals surface area (Å²) in [4.78, 5) is 2.68. The Morgan fingerprint density at radius 1 is 1.53 bits per heavy atom. The molecular formula is C12H26N2S. The smallest absolute Gasteiger partial charge is 0.0160 e. The molecule has 0 aliphatic carbocycles. The molecule has 0 saturated carbocycles. The maximum atomic E-state index is 3.41. The van der Waals surface area contributed by atoms with Gasteiger partial charge in [-0.05, 0) is 39.5 Å². The molecule has 2 nitrogen and oxygen atoms in total. The van der Waals surface area contributed by atoms with Crippen LogP contribution in [-0.2, 0) is 0 Å². The predicted molar refractivity (Wildman–Crippen MR) is 70.7 cm³/mol. The highest BCUT2D eigenvalue weighted by atomic mass is 32.2. The minimum absolute atomic E-state index is 0.738. The normalized spacial score (nSPS) is 30.4. The number of piperidine rings is 1. The zero-order chi connectivity index (χ0) is 11.3. The molecule has 90 valence electrons. The van der Waals surface area contributed by atoms with Crippen LogP contribution in [0.5, 0.6) is 0 Å². The van der Waals surface area contributed by atoms with Crippen molar-refractivity contribution in [2.75, 3.05) is 25.1 Å². The van der Waals surface area contributed by atoms with Crippen molar-refractivity contribution >= 4 is 11.8 Å². The summed E-state index contributed by atoms with van der Waals surface area (Å²) in [6, 6.07) is 2.22. The Hall–Kier alpha value is 0.270. The quantitative estimate of drug-likeness (QED) is 0.779. The van der Waals surface area contributed by atoms with Crippen LogP contribution in [0.25, 0.3) is 0 Å². The molecule has 3 unspecified atom stereocenters. The van der Waals surface area contributed by atoms with E-state index in [1.165, 1.54) is 30.9 Å². The van der Waals surface area contributed by atoms with Crippen molar-refractivity contribution in [3.05, 3.63) is 0 Å². The molecule has 0 spiro atoms. The average Bonchev–Trinajstić information content (AvgIpc) is 2.25. The van der Waals surface area contributed by atoms with Gasteiger partial charge in [0.25, 0.3) is 0 Å². The Labute approximate surface area is 99.2 Å². The first-order chi connectivity index (χ1) is 7.19. The minimum atomic E-state index is 0.738. The van der Waals surface area contributed by atoms with E-state index in [9.17, 15) is 0 Å². The molecule has 0 radical (unpaired) electrons. The number of thioether (sulfide) groups is 1. The molecule has 1 N–H and O–H groups in total. The van der Waals surface area contributed by atoms with Gasteiger partial charge in [0.1, 0.15) is 0 Å². The Balaban J connectivity index is 2.36. The van der Waals surface area contributed by atoms with Crippen LogP contribution in [0.3, 0.4) is 0 Å². The first-order valence-electron chi connectivity index (χ1n) is 6.19. The third-order valence-corrected chi connectivity index (χ3v) is 4.59. The number of nitrogens with zero attached hydrogens (tertiary/aromatic N) is 1. The van der Waals surface area contributed by atoms with Gasteiger partial charge in [0.15, 0.2) is 0 Å². The summed E-state index contributed by atoms with van der Waals surface area (Å²) in [6.07, 6.45) is 2.61. The van der Waals surface area contributed by atoms with E-state index in [1.807, 2.05) is 0 Å². The largest absolute Gasteiger partial charge is 0.317 e. The Morgan fingerprint density at radius 3 is 2.80 bits per heavy atom. The van der Waals surface area contributed by atoms with Crippen molar-refractivity contribution < 1.29 is 0 Å². The third-order valence-electron chi connectivity index (χ3n) is 3.47. The van der Waals surface area contributed by atoms with Gasteiger partial charge in [0.05, 0.1) is 0 Å². The molecule has 3 atom stereocenters. The summed E-state index contributed by atoms with van der Waals surface area (Å²) >= 11 is 2.06. The Morgan fingerprint density at radius 2 is 2.27 bits per heavy atom. The second-order valence-electron chi connectivity index (χ2n) is 4.61. The molecule has 0 bridgehead atoms. The Kier molecular flexibility index (Phi) is 6.02. The van der Waals surface area contributed by atoms with Gasteiger partial charge in [-0.15, -0.1) is 0 Å². The molecule has 1 saturated heterocycles. The van der Waals surface area contributed by atoms with E-state index in [-0.39, 0.29) is 0 Å². The van der Waals surface area contributed by atoms with Gasteiger partial charge >= 0.3 is 0 Å². The van der Waals surface area contributed by atoms with Crippen molar-refractivity contribution in [1.29, 1.82) is 0 Å². The van der Waals surface area contributed by atoms with Gasteiger partial charge < -0.3 is 5.32 Å². The minimum Gasteiger partial charge on any atom is -0.317 e. The zero-order valence-electron chi connectivity index (χ0n) is 10.6. The van der Waals surface area contributed by atoms with Gasteiger partial charge in [-0.3, -0.25) is 4.90 Å². The standard InChI is InChI=1S/C12H26N2S/c1-5-15-9-11(3)14-7-6-12(13-4)8-10(14)2/h10-13H,5-9H2,1-4H3. The van der Waals surface area contributed by atoms with E-state index in [0.717, 1.165) is 18.1 Å². The van der Waals surface area contributed by atoms with Crippen molar-refractivity contribution in [3.63, 3.8) is 0 Å². The highest BCUT2D eigenvalue weighted by molar-refractivity contribution is 7.99. The zero-order valence-corrected chi connectivity index (χ0v) is 11.4. The van der Waals surface area contributed by atoms with Gasteiger partial charge in [-0.25, -0.2) is 0 Å². The van der Waals surface area contributed by atoms with E-state index >= 15 is 0 Å². The van der Waals surface area contributed by atoms with Crippen molar-refractivity contribution in [3.8, 4) is 0 Å². The lowest BCUT2D eigenvalue weighted by atomic mass is 9.97. The van der Waals surface area contributed by atoms with Crippen molar-refractivity contribution in [2.24, 2.45) is 0 Å². The fourth-order valence-electron chi connectivity index (χ4n) is 2.49. The molecule has 0 amide bonds. The molecule has 1 aliphatic heterocycles. The predicted octanol–water partition coefficient (Wildman–Crippen LogP) is 2.20. The van der Waals surface area contributed by atoms with Crippen LogP contribution < -0.4 is 5.32 Å². The van der Waals surface area contributed by atoms with Crippen LogP contribution in [0.1, 0.15) is 33.6 Å². The van der Waals surface area contributed by atoms with E-state index in [4.69, 9.17) is 0 Å². The third kappa shape index (κ3) is 3.97. The monoisotopic (exact) mass is 230 g/mol. The van der Waals surface area contributed by atoms with Crippen LogP contribution in [-0.4, -0.2) is 48.1 Å². The summed E-state index contributed by atoms with van der Waals surface area (Å²) in [5, 5.41) is 3.41. The molecule has 0 aromatic rings. The van der Waals surface area contributed by atoms with Crippen LogP contribution in [0, 0.1) is 0 Å². The maximum absolute atomic E-state index is 3.41. The second kappa shape index (κ2) is 6.77.